The first-order valence-electron chi connectivity index (χ1n) is 11.4. The third-order valence-corrected chi connectivity index (χ3v) is 7.34. The summed E-state index contributed by atoms with van der Waals surface area (Å²) in [7, 11) is 1.59. The van der Waals surface area contributed by atoms with Gasteiger partial charge in [0.2, 0.25) is 5.91 Å². The zero-order chi connectivity index (χ0) is 24.9. The molecule has 2 aromatic rings. The minimum absolute atomic E-state index is 0.312. The minimum atomic E-state index is -1.30. The highest BCUT2D eigenvalue weighted by Gasteiger charge is 2.60. The Kier molecular flexibility index (Phi) is 5.79. The molecule has 4 atom stereocenters. The SMILES string of the molecule is CC[C@@H](C)[C@H](NC(=O)[C@H](C)N1C(=O)N2CCc3c([nH]c4ccc(OC)cc34)[C@@]2(C)C1=O)C(=O)O. The number of ether oxygens (including phenoxy) is 1. The molecule has 0 radical (unpaired) electrons. The van der Waals surface area contributed by atoms with Gasteiger partial charge in [-0.25, -0.2) is 14.5 Å². The maximum absolute atomic E-state index is 13.7. The van der Waals surface area contributed by atoms with Gasteiger partial charge in [0, 0.05) is 17.4 Å². The number of fused-ring (bicyclic) bond motifs is 5. The summed E-state index contributed by atoms with van der Waals surface area (Å²) in [6.45, 7) is 6.99. The second-order valence-corrected chi connectivity index (χ2v) is 9.21. The van der Waals surface area contributed by atoms with Crippen molar-refractivity contribution in [1.29, 1.82) is 0 Å². The van der Waals surface area contributed by atoms with Crippen molar-refractivity contribution in [3.8, 4) is 5.75 Å². The van der Waals surface area contributed by atoms with Gasteiger partial charge in [-0.1, -0.05) is 20.3 Å². The average molecular weight is 471 g/mol. The van der Waals surface area contributed by atoms with E-state index in [-0.39, 0.29) is 5.92 Å². The van der Waals surface area contributed by atoms with Crippen LogP contribution in [-0.4, -0.2) is 69.4 Å². The fraction of sp³-hybridized carbons (Fsp3) is 0.500. The first-order valence-corrected chi connectivity index (χ1v) is 11.4. The van der Waals surface area contributed by atoms with E-state index in [4.69, 9.17) is 4.74 Å². The number of aromatic nitrogens is 1. The van der Waals surface area contributed by atoms with Gasteiger partial charge in [-0.05, 0) is 49.9 Å². The van der Waals surface area contributed by atoms with Gasteiger partial charge in [-0.2, -0.15) is 0 Å². The van der Waals surface area contributed by atoms with Crippen LogP contribution >= 0.6 is 0 Å². The van der Waals surface area contributed by atoms with Gasteiger partial charge in [0.05, 0.1) is 12.8 Å². The fourth-order valence-corrected chi connectivity index (χ4v) is 4.99. The summed E-state index contributed by atoms with van der Waals surface area (Å²) >= 11 is 0. The number of hydrogen-bond donors (Lipinski definition) is 3. The molecule has 0 saturated carbocycles. The molecule has 34 heavy (non-hydrogen) atoms. The molecule has 4 amide bonds. The Hall–Kier alpha value is -3.56. The Morgan fingerprint density at radius 1 is 1.29 bits per heavy atom. The van der Waals surface area contributed by atoms with Crippen molar-refractivity contribution >= 4 is 34.7 Å². The molecule has 1 saturated heterocycles. The van der Waals surface area contributed by atoms with Gasteiger partial charge in [0.25, 0.3) is 5.91 Å². The van der Waals surface area contributed by atoms with Crippen molar-refractivity contribution in [2.75, 3.05) is 13.7 Å². The number of methoxy groups -OCH3 is 1. The van der Waals surface area contributed by atoms with Gasteiger partial charge in [-0.3, -0.25) is 9.59 Å². The molecule has 4 rings (SSSR count). The van der Waals surface area contributed by atoms with Crippen molar-refractivity contribution in [2.45, 2.75) is 58.2 Å². The first-order chi connectivity index (χ1) is 16.1. The number of carboxylic acid groups (broad SMARTS) is 1. The number of carbonyl (C=O) groups is 4. The van der Waals surface area contributed by atoms with Gasteiger partial charge in [0.1, 0.15) is 17.8 Å². The number of nitrogens with zero attached hydrogens (tertiary/aromatic N) is 2. The number of amides is 4. The van der Waals surface area contributed by atoms with Crippen molar-refractivity contribution < 1.29 is 29.0 Å². The zero-order valence-electron chi connectivity index (χ0n) is 20.0. The molecule has 1 fully saturated rings. The molecule has 182 valence electrons. The van der Waals surface area contributed by atoms with E-state index >= 15 is 0 Å². The van der Waals surface area contributed by atoms with E-state index < -0.39 is 41.4 Å². The maximum Gasteiger partial charge on any atom is 0.328 e. The van der Waals surface area contributed by atoms with Gasteiger partial charge in [-0.15, -0.1) is 0 Å². The third kappa shape index (κ3) is 3.31. The summed E-state index contributed by atoms with van der Waals surface area (Å²) < 4.78 is 5.34. The summed E-state index contributed by atoms with van der Waals surface area (Å²) in [4.78, 5) is 57.4. The topological polar surface area (TPSA) is 132 Å². The number of aromatic amines is 1. The summed E-state index contributed by atoms with van der Waals surface area (Å²) in [6.07, 6.45) is 1.09. The number of aliphatic carboxylic acids is 1. The van der Waals surface area contributed by atoms with Crippen LogP contribution in [0.3, 0.4) is 0 Å². The highest BCUT2D eigenvalue weighted by Crippen LogP contribution is 2.45. The Labute approximate surface area is 197 Å². The number of H-pyrrole nitrogens is 1. The molecule has 10 nitrogen and oxygen atoms in total. The molecular formula is C24H30N4O6. The van der Waals surface area contributed by atoms with Crippen LogP contribution < -0.4 is 10.1 Å². The molecule has 0 unspecified atom stereocenters. The molecule has 10 heteroatoms. The molecule has 0 bridgehead atoms. The summed E-state index contributed by atoms with van der Waals surface area (Å²) in [5, 5.41) is 13.0. The lowest BCUT2D eigenvalue weighted by Gasteiger charge is -2.36. The lowest BCUT2D eigenvalue weighted by molar-refractivity contribution is -0.145. The van der Waals surface area contributed by atoms with E-state index in [1.807, 2.05) is 25.1 Å². The monoisotopic (exact) mass is 470 g/mol. The van der Waals surface area contributed by atoms with Crippen molar-refractivity contribution in [3.05, 3.63) is 29.5 Å². The lowest BCUT2D eigenvalue weighted by atomic mass is 9.87. The number of benzene rings is 1. The molecule has 1 aromatic heterocycles. The van der Waals surface area contributed by atoms with Gasteiger partial charge >= 0.3 is 12.0 Å². The van der Waals surface area contributed by atoms with E-state index in [0.717, 1.165) is 21.4 Å². The van der Waals surface area contributed by atoms with E-state index in [0.29, 0.717) is 30.8 Å². The lowest BCUT2D eigenvalue weighted by Crippen LogP contribution is -2.54. The number of urea groups is 1. The van der Waals surface area contributed by atoms with E-state index in [1.54, 1.807) is 21.0 Å². The van der Waals surface area contributed by atoms with Crippen molar-refractivity contribution in [3.63, 3.8) is 0 Å². The molecule has 1 aromatic carbocycles. The Morgan fingerprint density at radius 3 is 2.62 bits per heavy atom. The second-order valence-electron chi connectivity index (χ2n) is 9.21. The van der Waals surface area contributed by atoms with E-state index in [1.165, 1.54) is 11.8 Å². The number of rotatable bonds is 7. The summed E-state index contributed by atoms with van der Waals surface area (Å²) in [5.74, 6) is -1.98. The van der Waals surface area contributed by atoms with Crippen LogP contribution in [0, 0.1) is 5.92 Å². The Balaban J connectivity index is 1.68. The Bertz CT molecular complexity index is 1190. The van der Waals surface area contributed by atoms with Crippen LogP contribution in [0.1, 0.15) is 45.4 Å². The highest BCUT2D eigenvalue weighted by molar-refractivity contribution is 6.11. The van der Waals surface area contributed by atoms with Gasteiger partial charge in [0.15, 0.2) is 5.54 Å². The molecule has 0 aliphatic carbocycles. The van der Waals surface area contributed by atoms with Crippen LogP contribution in [0.4, 0.5) is 4.79 Å². The largest absolute Gasteiger partial charge is 0.497 e. The van der Waals surface area contributed by atoms with E-state index in [9.17, 15) is 24.3 Å². The van der Waals surface area contributed by atoms with Gasteiger partial charge < -0.3 is 25.0 Å². The smallest absolute Gasteiger partial charge is 0.328 e. The Morgan fingerprint density at radius 2 is 2.00 bits per heavy atom. The first kappa shape index (κ1) is 23.6. The number of carboxylic acids is 1. The predicted octanol–water partition coefficient (Wildman–Crippen LogP) is 2.22. The molecule has 0 spiro atoms. The molecule has 2 aliphatic rings. The maximum atomic E-state index is 13.7. The number of hydrogen-bond acceptors (Lipinski definition) is 5. The molecular weight excluding hydrogens is 440 g/mol. The number of imide groups is 1. The standard InChI is InChI=1S/C24H30N4O6/c1-6-12(2)18(21(30)31)26-20(29)13(3)28-22(32)24(4)19-15(9-10-27(24)23(28)33)16-11-14(34-5)7-8-17(16)25-19/h7-8,11-13,18,25H,6,9-10H2,1-5H3,(H,26,29)(H,30,31)/t12-,13+,18+,24+/m1/s1. The van der Waals surface area contributed by atoms with Crippen molar-refractivity contribution in [2.24, 2.45) is 5.92 Å². The molecule has 2 aliphatic heterocycles. The molecule has 3 N–H and O–H groups in total. The number of nitrogens with one attached hydrogen (secondary N) is 2. The zero-order valence-corrected chi connectivity index (χ0v) is 20.0. The second kappa shape index (κ2) is 8.34. The van der Waals surface area contributed by atoms with Crippen LogP contribution in [0.2, 0.25) is 0 Å². The fourth-order valence-electron chi connectivity index (χ4n) is 4.99. The van der Waals surface area contributed by atoms with E-state index in [2.05, 4.69) is 10.3 Å². The van der Waals surface area contributed by atoms with Crippen molar-refractivity contribution in [1.82, 2.24) is 20.1 Å². The predicted molar refractivity (Wildman–Crippen MR) is 123 cm³/mol. The van der Waals surface area contributed by atoms with Crippen LogP contribution in [0.5, 0.6) is 5.75 Å². The normalized spacial score (nSPS) is 22.3. The number of carbonyl (C=O) groups excluding carboxylic acids is 3. The van der Waals surface area contributed by atoms with Crippen LogP contribution in [0.15, 0.2) is 18.2 Å². The quantitative estimate of drug-likeness (QED) is 0.532. The summed E-state index contributed by atoms with van der Waals surface area (Å²) in [5.41, 5.74) is 1.10. The van der Waals surface area contributed by atoms with Crippen LogP contribution in [0.25, 0.3) is 10.9 Å². The highest BCUT2D eigenvalue weighted by atomic mass is 16.5. The minimum Gasteiger partial charge on any atom is -0.497 e. The summed E-state index contributed by atoms with van der Waals surface area (Å²) in [6, 6.07) is 2.76. The van der Waals surface area contributed by atoms with Crippen LogP contribution in [-0.2, 0) is 26.3 Å². The molecule has 3 heterocycles. The average Bonchev–Trinajstić information content (AvgIpc) is 3.29. The third-order valence-electron chi connectivity index (χ3n) is 7.34.